The molecule has 0 aliphatic rings. The van der Waals surface area contributed by atoms with Crippen molar-refractivity contribution in [3.05, 3.63) is 50.8 Å². The number of halogens is 1. The van der Waals surface area contributed by atoms with Crippen LogP contribution >= 0.6 is 27.3 Å². The van der Waals surface area contributed by atoms with Crippen LogP contribution in [0.4, 0.5) is 0 Å². The summed E-state index contributed by atoms with van der Waals surface area (Å²) in [6.07, 6.45) is 2.15. The molecule has 0 unspecified atom stereocenters. The number of aromatic nitrogens is 2. The van der Waals surface area contributed by atoms with Crippen LogP contribution in [0, 0.1) is 0 Å². The van der Waals surface area contributed by atoms with Gasteiger partial charge in [0.15, 0.2) is 0 Å². The topological polar surface area (TPSA) is 61.2 Å². The van der Waals surface area contributed by atoms with Gasteiger partial charge in [0.25, 0.3) is 5.56 Å². The maximum atomic E-state index is 12.8. The number of thiophene rings is 1. The Bertz CT molecular complexity index is 931. The van der Waals surface area contributed by atoms with Gasteiger partial charge < -0.3 is 4.74 Å². The Kier molecular flexibility index (Phi) is 5.11. The van der Waals surface area contributed by atoms with E-state index in [9.17, 15) is 9.59 Å². The monoisotopic (exact) mass is 406 g/mol. The van der Waals surface area contributed by atoms with E-state index in [1.54, 1.807) is 0 Å². The van der Waals surface area contributed by atoms with Crippen LogP contribution in [0.3, 0.4) is 0 Å². The van der Waals surface area contributed by atoms with Crippen molar-refractivity contribution < 1.29 is 9.53 Å². The third-order valence-electron chi connectivity index (χ3n) is 3.48. The smallest absolute Gasteiger partial charge is 0.326 e. The predicted octanol–water partition coefficient (Wildman–Crippen LogP) is 3.84. The van der Waals surface area contributed by atoms with E-state index in [4.69, 9.17) is 4.74 Å². The van der Waals surface area contributed by atoms with Crippen molar-refractivity contribution >= 4 is 43.5 Å². The highest BCUT2D eigenvalue weighted by molar-refractivity contribution is 9.10. The van der Waals surface area contributed by atoms with Crippen molar-refractivity contribution in [2.45, 2.75) is 19.9 Å². The van der Waals surface area contributed by atoms with Crippen LogP contribution in [0.15, 0.2) is 45.2 Å². The molecule has 3 rings (SSSR count). The molecule has 0 saturated heterocycles. The molecule has 0 saturated carbocycles. The standard InChI is InChI=1S/C17H15BrN2O3S/c1-2-7-23-14(21)8-20-10-19-16-15(17(20)22)13(9-24-16)11-3-5-12(18)6-4-11/h3-6,9-10H,2,7-8H2,1H3. The summed E-state index contributed by atoms with van der Waals surface area (Å²) in [4.78, 5) is 29.5. The van der Waals surface area contributed by atoms with Crippen LogP contribution in [0.1, 0.15) is 13.3 Å². The van der Waals surface area contributed by atoms with Gasteiger partial charge in [-0.25, -0.2) is 4.98 Å². The lowest BCUT2D eigenvalue weighted by molar-refractivity contribution is -0.144. The van der Waals surface area contributed by atoms with Crippen LogP contribution in [-0.4, -0.2) is 22.1 Å². The molecule has 2 aromatic heterocycles. The van der Waals surface area contributed by atoms with E-state index < -0.39 is 5.97 Å². The van der Waals surface area contributed by atoms with Gasteiger partial charge in [0.2, 0.25) is 0 Å². The number of fused-ring (bicyclic) bond motifs is 1. The SMILES string of the molecule is CCCOC(=O)Cn1cnc2scc(-c3ccc(Br)cc3)c2c1=O. The normalized spacial score (nSPS) is 10.9. The largest absolute Gasteiger partial charge is 0.464 e. The van der Waals surface area contributed by atoms with E-state index in [-0.39, 0.29) is 12.1 Å². The molecule has 24 heavy (non-hydrogen) atoms. The van der Waals surface area contributed by atoms with Crippen molar-refractivity contribution in [1.82, 2.24) is 9.55 Å². The minimum Gasteiger partial charge on any atom is -0.464 e. The molecule has 1 aromatic carbocycles. The van der Waals surface area contributed by atoms with E-state index in [0.717, 1.165) is 22.0 Å². The molecule has 7 heteroatoms. The van der Waals surface area contributed by atoms with E-state index >= 15 is 0 Å². The first-order valence-electron chi connectivity index (χ1n) is 7.48. The quantitative estimate of drug-likeness (QED) is 0.603. The molecule has 0 spiro atoms. The van der Waals surface area contributed by atoms with Gasteiger partial charge in [-0.15, -0.1) is 11.3 Å². The number of hydrogen-bond acceptors (Lipinski definition) is 5. The number of benzene rings is 1. The minimum absolute atomic E-state index is 0.128. The van der Waals surface area contributed by atoms with Crippen molar-refractivity contribution in [3.8, 4) is 11.1 Å². The Morgan fingerprint density at radius 3 is 2.79 bits per heavy atom. The average Bonchev–Trinajstić information content (AvgIpc) is 3.01. The maximum absolute atomic E-state index is 12.8. The fraction of sp³-hybridized carbons (Fsp3) is 0.235. The molecule has 2 heterocycles. The van der Waals surface area contributed by atoms with Gasteiger partial charge in [-0.05, 0) is 24.1 Å². The van der Waals surface area contributed by atoms with E-state index in [2.05, 4.69) is 20.9 Å². The van der Waals surface area contributed by atoms with Crippen LogP contribution in [0.5, 0.6) is 0 Å². The summed E-state index contributed by atoms with van der Waals surface area (Å²) in [6, 6.07) is 7.74. The maximum Gasteiger partial charge on any atom is 0.326 e. The number of esters is 1. The molecular formula is C17H15BrN2O3S. The third-order valence-corrected chi connectivity index (χ3v) is 4.90. The zero-order chi connectivity index (χ0) is 17.1. The number of carbonyl (C=O) groups excluding carboxylic acids is 1. The van der Waals surface area contributed by atoms with Gasteiger partial charge in [0.05, 0.1) is 18.3 Å². The van der Waals surface area contributed by atoms with Crippen molar-refractivity contribution in [2.24, 2.45) is 0 Å². The molecule has 0 aliphatic heterocycles. The summed E-state index contributed by atoms with van der Waals surface area (Å²) in [5.41, 5.74) is 1.54. The molecule has 124 valence electrons. The number of rotatable bonds is 5. The zero-order valence-corrected chi connectivity index (χ0v) is 15.4. The molecule has 0 N–H and O–H groups in total. The molecule has 0 aliphatic carbocycles. The van der Waals surface area contributed by atoms with Gasteiger partial charge in [-0.3, -0.25) is 14.2 Å². The summed E-state index contributed by atoms with van der Waals surface area (Å²) in [7, 11) is 0. The van der Waals surface area contributed by atoms with Crippen LogP contribution in [0.2, 0.25) is 0 Å². The van der Waals surface area contributed by atoms with Crippen LogP contribution in [0.25, 0.3) is 21.3 Å². The Morgan fingerprint density at radius 2 is 2.08 bits per heavy atom. The average molecular weight is 407 g/mol. The molecule has 0 atom stereocenters. The molecule has 5 nitrogen and oxygen atoms in total. The molecule has 0 fully saturated rings. The highest BCUT2D eigenvalue weighted by Crippen LogP contribution is 2.31. The summed E-state index contributed by atoms with van der Waals surface area (Å²) in [5.74, 6) is -0.430. The Morgan fingerprint density at radius 1 is 1.33 bits per heavy atom. The molecule has 0 amide bonds. The predicted molar refractivity (Wildman–Crippen MR) is 98.3 cm³/mol. The number of carbonyl (C=O) groups is 1. The first kappa shape index (κ1) is 16.9. The second-order valence-corrected chi connectivity index (χ2v) is 7.01. The van der Waals surface area contributed by atoms with Gasteiger partial charge in [0, 0.05) is 15.4 Å². The third kappa shape index (κ3) is 3.42. The molecule has 0 bridgehead atoms. The molecule has 3 aromatic rings. The highest BCUT2D eigenvalue weighted by atomic mass is 79.9. The number of nitrogens with zero attached hydrogens (tertiary/aromatic N) is 2. The van der Waals surface area contributed by atoms with E-state index in [0.29, 0.717) is 16.8 Å². The fourth-order valence-corrected chi connectivity index (χ4v) is 3.49. The van der Waals surface area contributed by atoms with E-state index in [1.807, 2.05) is 36.6 Å². The number of ether oxygens (including phenoxy) is 1. The summed E-state index contributed by atoms with van der Waals surface area (Å²) in [5, 5.41) is 2.45. The van der Waals surface area contributed by atoms with Crippen molar-refractivity contribution in [2.75, 3.05) is 6.61 Å². The minimum atomic E-state index is -0.430. The lowest BCUT2D eigenvalue weighted by atomic mass is 10.1. The van der Waals surface area contributed by atoms with Gasteiger partial charge >= 0.3 is 5.97 Å². The first-order valence-corrected chi connectivity index (χ1v) is 9.15. The molecule has 0 radical (unpaired) electrons. The summed E-state index contributed by atoms with van der Waals surface area (Å²) >= 11 is 4.82. The second kappa shape index (κ2) is 7.27. The van der Waals surface area contributed by atoms with E-state index in [1.165, 1.54) is 22.2 Å². The van der Waals surface area contributed by atoms with Gasteiger partial charge in [-0.1, -0.05) is 35.0 Å². The van der Waals surface area contributed by atoms with Gasteiger partial charge in [-0.2, -0.15) is 0 Å². The lowest BCUT2D eigenvalue weighted by Crippen LogP contribution is -2.25. The second-order valence-electron chi connectivity index (χ2n) is 5.23. The molecular weight excluding hydrogens is 392 g/mol. The highest BCUT2D eigenvalue weighted by Gasteiger charge is 2.15. The summed E-state index contributed by atoms with van der Waals surface area (Å²) < 4.78 is 7.32. The van der Waals surface area contributed by atoms with Crippen molar-refractivity contribution in [3.63, 3.8) is 0 Å². The Balaban J connectivity index is 2.01. The lowest BCUT2D eigenvalue weighted by Gasteiger charge is -2.06. The Hall–Kier alpha value is -1.99. The summed E-state index contributed by atoms with van der Waals surface area (Å²) in [6.45, 7) is 2.14. The fourth-order valence-electron chi connectivity index (χ4n) is 2.32. The van der Waals surface area contributed by atoms with Gasteiger partial charge in [0.1, 0.15) is 11.4 Å². The van der Waals surface area contributed by atoms with Crippen molar-refractivity contribution in [1.29, 1.82) is 0 Å². The van der Waals surface area contributed by atoms with Crippen LogP contribution < -0.4 is 5.56 Å². The Labute approximate surface area is 151 Å². The number of hydrogen-bond donors (Lipinski definition) is 0. The zero-order valence-electron chi connectivity index (χ0n) is 13.0. The first-order chi connectivity index (χ1) is 11.6. The van der Waals surface area contributed by atoms with Crippen LogP contribution in [-0.2, 0) is 16.1 Å².